The van der Waals surface area contributed by atoms with E-state index in [0.29, 0.717) is 5.13 Å². The van der Waals surface area contributed by atoms with Gasteiger partial charge in [-0.2, -0.15) is 0 Å². The van der Waals surface area contributed by atoms with Gasteiger partial charge in [-0.25, -0.2) is 4.98 Å². The van der Waals surface area contributed by atoms with Crippen LogP contribution in [0.2, 0.25) is 0 Å². The number of anilines is 1. The molecular weight excluding hydrogens is 246 g/mol. The predicted molar refractivity (Wildman–Crippen MR) is 61.5 cm³/mol. The molecule has 0 spiro atoms. The number of hydrogen-bond acceptors (Lipinski definition) is 6. The number of aliphatic hydroxyl groups excluding tert-OH is 2. The topological polar surface area (TPSA) is 103 Å². The third-order valence-electron chi connectivity index (χ3n) is 1.87. The molecule has 8 heteroatoms. The van der Waals surface area contributed by atoms with Gasteiger partial charge in [-0.3, -0.25) is 14.9 Å². The van der Waals surface area contributed by atoms with E-state index in [1.807, 2.05) is 0 Å². The molecule has 0 radical (unpaired) electrons. The summed E-state index contributed by atoms with van der Waals surface area (Å²) in [6, 6.07) is 0. The Morgan fingerprint density at radius 3 is 2.47 bits per heavy atom. The van der Waals surface area contributed by atoms with E-state index in [2.05, 4.69) is 10.3 Å². The Labute approximate surface area is 102 Å². The summed E-state index contributed by atoms with van der Waals surface area (Å²) in [6.07, 6.45) is 1.50. The highest BCUT2D eigenvalue weighted by molar-refractivity contribution is 7.13. The average molecular weight is 259 g/mol. The molecule has 0 aromatic carbocycles. The first kappa shape index (κ1) is 13.6. The summed E-state index contributed by atoms with van der Waals surface area (Å²) in [5, 5.41) is 21.8. The standard InChI is InChI=1S/C9H13N3O4S/c13-4-2-12(3-5-14)8(16)7(15)11-9-10-1-6-17-9/h1,6,13-14H,2-5H2,(H,10,11,15). The fourth-order valence-corrected chi connectivity index (χ4v) is 1.66. The molecule has 1 aromatic heterocycles. The number of rotatable bonds is 5. The Morgan fingerprint density at radius 1 is 1.35 bits per heavy atom. The molecule has 0 aliphatic carbocycles. The number of hydrogen-bond donors (Lipinski definition) is 3. The largest absolute Gasteiger partial charge is 0.395 e. The molecule has 3 N–H and O–H groups in total. The van der Waals surface area contributed by atoms with Crippen LogP contribution in [0.15, 0.2) is 11.6 Å². The van der Waals surface area contributed by atoms with Crippen molar-refractivity contribution >= 4 is 28.3 Å². The summed E-state index contributed by atoms with van der Waals surface area (Å²) in [6.45, 7) is -0.526. The summed E-state index contributed by atoms with van der Waals surface area (Å²) in [5.41, 5.74) is 0. The van der Waals surface area contributed by atoms with Gasteiger partial charge in [0.1, 0.15) is 0 Å². The number of nitrogens with one attached hydrogen (secondary N) is 1. The SMILES string of the molecule is O=C(Nc1nccs1)C(=O)N(CCO)CCO. The minimum Gasteiger partial charge on any atom is -0.395 e. The highest BCUT2D eigenvalue weighted by Crippen LogP contribution is 2.10. The Hall–Kier alpha value is -1.51. The van der Waals surface area contributed by atoms with Gasteiger partial charge in [0, 0.05) is 24.7 Å². The first-order valence-electron chi connectivity index (χ1n) is 4.90. The molecule has 17 heavy (non-hydrogen) atoms. The second-order valence-corrected chi connectivity index (χ2v) is 3.93. The Kier molecular flexibility index (Phi) is 5.53. The van der Waals surface area contributed by atoms with Crippen LogP contribution in [0.4, 0.5) is 5.13 Å². The molecule has 0 unspecified atom stereocenters. The molecule has 1 rings (SSSR count). The molecule has 7 nitrogen and oxygen atoms in total. The van der Waals surface area contributed by atoms with E-state index >= 15 is 0 Å². The van der Waals surface area contributed by atoms with E-state index in [1.165, 1.54) is 17.5 Å². The highest BCUT2D eigenvalue weighted by atomic mass is 32.1. The second-order valence-electron chi connectivity index (χ2n) is 3.03. The van der Waals surface area contributed by atoms with Gasteiger partial charge in [0.05, 0.1) is 13.2 Å². The predicted octanol–water partition coefficient (Wildman–Crippen LogP) is -1.11. The van der Waals surface area contributed by atoms with Crippen LogP contribution in [-0.2, 0) is 9.59 Å². The number of aliphatic hydroxyl groups is 2. The smallest absolute Gasteiger partial charge is 0.315 e. The van der Waals surface area contributed by atoms with E-state index < -0.39 is 11.8 Å². The van der Waals surface area contributed by atoms with Gasteiger partial charge >= 0.3 is 11.8 Å². The fraction of sp³-hybridized carbons (Fsp3) is 0.444. The molecule has 0 saturated heterocycles. The van der Waals surface area contributed by atoms with Crippen molar-refractivity contribution in [2.24, 2.45) is 0 Å². The van der Waals surface area contributed by atoms with Crippen LogP contribution >= 0.6 is 11.3 Å². The monoisotopic (exact) mass is 259 g/mol. The number of aromatic nitrogens is 1. The second kappa shape index (κ2) is 6.94. The third-order valence-corrected chi connectivity index (χ3v) is 2.56. The van der Waals surface area contributed by atoms with Crippen molar-refractivity contribution in [1.29, 1.82) is 0 Å². The summed E-state index contributed by atoms with van der Waals surface area (Å²) in [4.78, 5) is 28.0. The number of amides is 2. The molecule has 2 amide bonds. The fourth-order valence-electron chi connectivity index (χ4n) is 1.14. The van der Waals surface area contributed by atoms with Gasteiger partial charge in [0.15, 0.2) is 5.13 Å². The van der Waals surface area contributed by atoms with E-state index in [1.54, 1.807) is 5.38 Å². The van der Waals surface area contributed by atoms with Gasteiger partial charge in [-0.05, 0) is 0 Å². The zero-order valence-electron chi connectivity index (χ0n) is 9.00. The minimum atomic E-state index is -0.832. The van der Waals surface area contributed by atoms with Gasteiger partial charge < -0.3 is 15.1 Å². The molecule has 1 heterocycles. The molecule has 0 bridgehead atoms. The zero-order chi connectivity index (χ0) is 12.7. The quantitative estimate of drug-likeness (QED) is 0.582. The maximum Gasteiger partial charge on any atom is 0.315 e. The van der Waals surface area contributed by atoms with Gasteiger partial charge in [-0.15, -0.1) is 11.3 Å². The van der Waals surface area contributed by atoms with E-state index in [9.17, 15) is 9.59 Å². The number of nitrogens with zero attached hydrogens (tertiary/aromatic N) is 2. The van der Waals surface area contributed by atoms with Crippen LogP contribution in [0.1, 0.15) is 0 Å². The number of carbonyl (C=O) groups is 2. The van der Waals surface area contributed by atoms with Crippen molar-refractivity contribution in [2.45, 2.75) is 0 Å². The van der Waals surface area contributed by atoms with Crippen molar-refractivity contribution in [3.63, 3.8) is 0 Å². The van der Waals surface area contributed by atoms with Gasteiger partial charge in [0.2, 0.25) is 0 Å². The van der Waals surface area contributed by atoms with E-state index in [4.69, 9.17) is 10.2 Å². The Balaban J connectivity index is 2.57. The molecule has 0 fully saturated rings. The van der Waals surface area contributed by atoms with E-state index in [-0.39, 0.29) is 26.3 Å². The average Bonchev–Trinajstić information content (AvgIpc) is 2.80. The molecule has 0 aliphatic heterocycles. The van der Waals surface area contributed by atoms with Gasteiger partial charge in [-0.1, -0.05) is 0 Å². The van der Waals surface area contributed by atoms with Crippen molar-refractivity contribution in [2.75, 3.05) is 31.6 Å². The van der Waals surface area contributed by atoms with Crippen LogP contribution in [0.25, 0.3) is 0 Å². The molecule has 94 valence electrons. The maximum atomic E-state index is 11.6. The minimum absolute atomic E-state index is 0.00465. The van der Waals surface area contributed by atoms with E-state index in [0.717, 1.165) is 4.90 Å². The lowest BCUT2D eigenvalue weighted by Gasteiger charge is -2.19. The number of carbonyl (C=O) groups excluding carboxylic acids is 2. The summed E-state index contributed by atoms with van der Waals surface area (Å²) < 4.78 is 0. The molecule has 0 saturated carbocycles. The zero-order valence-corrected chi connectivity index (χ0v) is 9.81. The number of thiazole rings is 1. The van der Waals surface area contributed by atoms with Crippen LogP contribution in [0.3, 0.4) is 0 Å². The lowest BCUT2D eigenvalue weighted by atomic mass is 10.4. The maximum absolute atomic E-state index is 11.6. The van der Waals surface area contributed by atoms with Crippen molar-refractivity contribution < 1.29 is 19.8 Å². The van der Waals surface area contributed by atoms with Crippen LogP contribution in [-0.4, -0.2) is 58.2 Å². The molecular formula is C9H13N3O4S. The van der Waals surface area contributed by atoms with Crippen LogP contribution < -0.4 is 5.32 Å². The molecule has 0 aliphatic rings. The highest BCUT2D eigenvalue weighted by Gasteiger charge is 2.21. The Bertz CT molecular complexity index is 362. The lowest BCUT2D eigenvalue weighted by molar-refractivity contribution is -0.143. The Morgan fingerprint density at radius 2 is 2.00 bits per heavy atom. The first-order valence-corrected chi connectivity index (χ1v) is 5.78. The van der Waals surface area contributed by atoms with Crippen molar-refractivity contribution in [3.05, 3.63) is 11.6 Å². The lowest BCUT2D eigenvalue weighted by Crippen LogP contribution is -2.42. The summed E-state index contributed by atoms with van der Waals surface area (Å²) >= 11 is 1.19. The summed E-state index contributed by atoms with van der Waals surface area (Å²) in [5.74, 6) is -1.63. The first-order chi connectivity index (χ1) is 8.19. The third kappa shape index (κ3) is 4.10. The normalized spacial score (nSPS) is 10.0. The van der Waals surface area contributed by atoms with Crippen molar-refractivity contribution in [3.8, 4) is 0 Å². The summed E-state index contributed by atoms with van der Waals surface area (Å²) in [7, 11) is 0. The van der Waals surface area contributed by atoms with Crippen molar-refractivity contribution in [1.82, 2.24) is 9.88 Å². The van der Waals surface area contributed by atoms with Gasteiger partial charge in [0.25, 0.3) is 0 Å². The molecule has 0 atom stereocenters. The van der Waals surface area contributed by atoms with Crippen LogP contribution in [0.5, 0.6) is 0 Å². The molecule has 1 aromatic rings. The van der Waals surface area contributed by atoms with Crippen LogP contribution in [0, 0.1) is 0 Å².